The number of para-hydroxylation sites is 1. The molecule has 4 rings (SSSR count). The Morgan fingerprint density at radius 1 is 1.21 bits per heavy atom. The average molecular weight is 410 g/mol. The highest BCUT2D eigenvalue weighted by Gasteiger charge is 2.28. The highest BCUT2D eigenvalue weighted by Crippen LogP contribution is 2.37. The Labute approximate surface area is 173 Å². The van der Waals surface area contributed by atoms with Gasteiger partial charge in [-0.15, -0.1) is 11.3 Å². The van der Waals surface area contributed by atoms with Crippen LogP contribution in [0.5, 0.6) is 0 Å². The van der Waals surface area contributed by atoms with Gasteiger partial charge in [-0.2, -0.15) is 0 Å². The van der Waals surface area contributed by atoms with Crippen molar-refractivity contribution in [1.82, 2.24) is 9.55 Å². The van der Waals surface area contributed by atoms with Crippen molar-refractivity contribution in [2.24, 2.45) is 5.73 Å². The Morgan fingerprint density at radius 3 is 2.83 bits per heavy atom. The van der Waals surface area contributed by atoms with Crippen LogP contribution in [0.4, 0.5) is 10.8 Å². The smallest absolute Gasteiger partial charge is 0.274 e. The lowest BCUT2D eigenvalue weighted by Crippen LogP contribution is -2.23. The van der Waals surface area contributed by atoms with Crippen LogP contribution in [0.2, 0.25) is 0 Å². The molecule has 0 unspecified atom stereocenters. The van der Waals surface area contributed by atoms with Gasteiger partial charge >= 0.3 is 0 Å². The highest BCUT2D eigenvalue weighted by molar-refractivity contribution is 7.14. The molecule has 3 N–H and O–H groups in total. The molecule has 3 heterocycles. The van der Waals surface area contributed by atoms with E-state index >= 15 is 0 Å². The number of amides is 2. The van der Waals surface area contributed by atoms with Crippen molar-refractivity contribution in [3.8, 4) is 0 Å². The zero-order valence-corrected chi connectivity index (χ0v) is 16.8. The van der Waals surface area contributed by atoms with Crippen LogP contribution in [0.1, 0.15) is 41.5 Å². The topological polar surface area (TPSA) is 93.2 Å². The fourth-order valence-corrected chi connectivity index (χ4v) is 4.46. The molecule has 0 aliphatic carbocycles. The van der Waals surface area contributed by atoms with E-state index in [1.807, 2.05) is 23.6 Å². The van der Waals surface area contributed by atoms with Gasteiger partial charge in [0, 0.05) is 36.8 Å². The van der Waals surface area contributed by atoms with Crippen LogP contribution < -0.4 is 16.0 Å². The lowest BCUT2D eigenvalue weighted by Gasteiger charge is -2.25. The minimum atomic E-state index is -0.394. The summed E-state index contributed by atoms with van der Waals surface area (Å²) >= 11 is 1.43. The second-order valence-electron chi connectivity index (χ2n) is 7.02. The molecule has 1 aliphatic heterocycles. The first-order valence-corrected chi connectivity index (χ1v) is 10.5. The van der Waals surface area contributed by atoms with Gasteiger partial charge in [-0.05, 0) is 37.1 Å². The third kappa shape index (κ3) is 4.32. The molecule has 1 saturated heterocycles. The number of anilines is 2. The molecule has 2 aromatic heterocycles. The fourth-order valence-electron chi connectivity index (χ4n) is 3.71. The SMILES string of the molecule is NC(=O)CCn1cccc1C(=O)Nc1nc([C@H]2CCCN2c2ccccc2)cs1. The maximum Gasteiger partial charge on any atom is 0.274 e. The van der Waals surface area contributed by atoms with E-state index in [1.54, 1.807) is 22.9 Å². The van der Waals surface area contributed by atoms with Crippen LogP contribution in [-0.2, 0) is 11.3 Å². The molecule has 1 aromatic carbocycles. The van der Waals surface area contributed by atoms with Gasteiger partial charge in [0.1, 0.15) is 5.69 Å². The third-order valence-corrected chi connectivity index (χ3v) is 5.86. The number of benzene rings is 1. The summed E-state index contributed by atoms with van der Waals surface area (Å²) in [6.45, 7) is 1.38. The molecule has 29 heavy (non-hydrogen) atoms. The van der Waals surface area contributed by atoms with Crippen LogP contribution in [-0.4, -0.2) is 27.9 Å². The number of hydrogen-bond acceptors (Lipinski definition) is 5. The number of primary amides is 1. The predicted octanol–water partition coefficient (Wildman–Crippen LogP) is 3.41. The molecule has 2 amide bonds. The Balaban J connectivity index is 1.45. The Kier molecular flexibility index (Phi) is 5.62. The number of hydrogen-bond donors (Lipinski definition) is 2. The molecular formula is C21H23N5O2S. The zero-order chi connectivity index (χ0) is 20.2. The first-order valence-electron chi connectivity index (χ1n) is 9.64. The molecule has 1 atom stereocenters. The molecule has 0 spiro atoms. The van der Waals surface area contributed by atoms with Crippen molar-refractivity contribution < 1.29 is 9.59 Å². The summed E-state index contributed by atoms with van der Waals surface area (Å²) in [5.41, 5.74) is 7.87. The summed E-state index contributed by atoms with van der Waals surface area (Å²) in [6.07, 6.45) is 4.11. The van der Waals surface area contributed by atoms with Gasteiger partial charge in [0.15, 0.2) is 5.13 Å². The van der Waals surface area contributed by atoms with Crippen molar-refractivity contribution in [3.05, 3.63) is 65.4 Å². The van der Waals surface area contributed by atoms with Crippen molar-refractivity contribution in [2.75, 3.05) is 16.8 Å². The van der Waals surface area contributed by atoms with Crippen molar-refractivity contribution in [2.45, 2.75) is 31.8 Å². The van der Waals surface area contributed by atoms with Crippen LogP contribution in [0, 0.1) is 0 Å². The van der Waals surface area contributed by atoms with Gasteiger partial charge in [-0.3, -0.25) is 14.9 Å². The molecule has 0 bridgehead atoms. The van der Waals surface area contributed by atoms with E-state index in [0.717, 1.165) is 25.1 Å². The van der Waals surface area contributed by atoms with Gasteiger partial charge in [0.2, 0.25) is 5.91 Å². The Bertz CT molecular complexity index is 997. The van der Waals surface area contributed by atoms with E-state index in [2.05, 4.69) is 27.3 Å². The van der Waals surface area contributed by atoms with Gasteiger partial charge < -0.3 is 15.2 Å². The maximum atomic E-state index is 12.7. The normalized spacial score (nSPS) is 16.1. The van der Waals surface area contributed by atoms with E-state index in [1.165, 1.54) is 17.0 Å². The maximum absolute atomic E-state index is 12.7. The van der Waals surface area contributed by atoms with E-state index < -0.39 is 5.91 Å². The minimum absolute atomic E-state index is 0.188. The Morgan fingerprint density at radius 2 is 2.03 bits per heavy atom. The summed E-state index contributed by atoms with van der Waals surface area (Å²) in [6, 6.07) is 14.1. The molecule has 1 fully saturated rings. The molecule has 150 valence electrons. The molecule has 3 aromatic rings. The number of carbonyl (C=O) groups excluding carboxylic acids is 2. The summed E-state index contributed by atoms with van der Waals surface area (Å²) < 4.78 is 1.72. The quantitative estimate of drug-likeness (QED) is 0.625. The second-order valence-corrected chi connectivity index (χ2v) is 7.88. The first-order chi connectivity index (χ1) is 14.1. The molecule has 8 heteroatoms. The number of carbonyl (C=O) groups is 2. The fraction of sp³-hybridized carbons (Fsp3) is 0.286. The van der Waals surface area contributed by atoms with Crippen molar-refractivity contribution >= 4 is 34.0 Å². The summed E-state index contributed by atoms with van der Waals surface area (Å²) in [5, 5.41) is 5.48. The number of nitrogens with zero attached hydrogens (tertiary/aromatic N) is 3. The number of nitrogens with two attached hydrogens (primary N) is 1. The number of nitrogens with one attached hydrogen (secondary N) is 1. The average Bonchev–Trinajstić information content (AvgIpc) is 3.46. The minimum Gasteiger partial charge on any atom is -0.370 e. The van der Waals surface area contributed by atoms with Crippen LogP contribution in [0.25, 0.3) is 0 Å². The molecule has 0 saturated carbocycles. The predicted molar refractivity (Wildman–Crippen MR) is 114 cm³/mol. The zero-order valence-electron chi connectivity index (χ0n) is 16.0. The van der Waals surface area contributed by atoms with Crippen LogP contribution in [0.15, 0.2) is 54.0 Å². The monoisotopic (exact) mass is 409 g/mol. The summed E-state index contributed by atoms with van der Waals surface area (Å²) in [7, 11) is 0. The molecule has 0 radical (unpaired) electrons. The van der Waals surface area contributed by atoms with Crippen molar-refractivity contribution in [1.29, 1.82) is 0 Å². The number of aryl methyl sites for hydroxylation is 1. The van der Waals surface area contributed by atoms with Gasteiger partial charge in [0.05, 0.1) is 11.7 Å². The van der Waals surface area contributed by atoms with Crippen molar-refractivity contribution in [3.63, 3.8) is 0 Å². The third-order valence-electron chi connectivity index (χ3n) is 5.09. The van der Waals surface area contributed by atoms with Crippen LogP contribution in [0.3, 0.4) is 0 Å². The highest BCUT2D eigenvalue weighted by atomic mass is 32.1. The summed E-state index contributed by atoms with van der Waals surface area (Å²) in [4.78, 5) is 30.7. The molecule has 7 nitrogen and oxygen atoms in total. The van der Waals surface area contributed by atoms with E-state index in [4.69, 9.17) is 5.73 Å². The van der Waals surface area contributed by atoms with Crippen LogP contribution >= 0.6 is 11.3 Å². The first kappa shape index (κ1) is 19.2. The van der Waals surface area contributed by atoms with Gasteiger partial charge in [0.25, 0.3) is 5.91 Å². The number of aromatic nitrogens is 2. The Hall–Kier alpha value is -3.13. The molecular weight excluding hydrogens is 386 g/mol. The lowest BCUT2D eigenvalue weighted by molar-refractivity contribution is -0.118. The van der Waals surface area contributed by atoms with E-state index in [9.17, 15) is 9.59 Å². The second kappa shape index (κ2) is 8.48. The standard InChI is InChI=1S/C21H23N5O2S/c22-19(27)10-13-25-11-4-9-18(25)20(28)24-21-23-16(14-29-21)17-8-5-12-26(17)15-6-2-1-3-7-15/h1-4,6-7,9,11,14,17H,5,8,10,12-13H2,(H2,22,27)(H,23,24,28)/t17-/m1/s1. The van der Waals surface area contributed by atoms with E-state index in [-0.39, 0.29) is 18.4 Å². The van der Waals surface area contributed by atoms with Gasteiger partial charge in [-0.1, -0.05) is 18.2 Å². The largest absolute Gasteiger partial charge is 0.370 e. The molecule has 1 aliphatic rings. The lowest BCUT2D eigenvalue weighted by atomic mass is 10.1. The number of thiazole rings is 1. The number of rotatable bonds is 7. The van der Waals surface area contributed by atoms with E-state index in [0.29, 0.717) is 17.4 Å². The van der Waals surface area contributed by atoms with Gasteiger partial charge in [-0.25, -0.2) is 4.98 Å². The summed E-state index contributed by atoms with van der Waals surface area (Å²) in [5.74, 6) is -0.638.